The zero-order valence-electron chi connectivity index (χ0n) is 12.1. The van der Waals surface area contributed by atoms with E-state index in [0.29, 0.717) is 19.0 Å². The van der Waals surface area contributed by atoms with Crippen molar-refractivity contribution in [1.29, 1.82) is 0 Å². The molecule has 1 aliphatic heterocycles. The number of rotatable bonds is 5. The lowest BCUT2D eigenvalue weighted by Crippen LogP contribution is -2.17. The third-order valence-electron chi connectivity index (χ3n) is 3.35. The van der Waals surface area contributed by atoms with Crippen LogP contribution in [0.25, 0.3) is 0 Å². The number of hydrogen-bond acceptors (Lipinski definition) is 6. The Balaban J connectivity index is 1.69. The molecule has 0 fully saturated rings. The maximum Gasteiger partial charge on any atom is 0.203 e. The van der Waals surface area contributed by atoms with Crippen LogP contribution < -0.4 is 19.5 Å². The van der Waals surface area contributed by atoms with Gasteiger partial charge in [-0.1, -0.05) is 0 Å². The van der Waals surface area contributed by atoms with E-state index in [1.807, 2.05) is 24.6 Å². The molecule has 0 amide bonds. The molecule has 1 aromatic carbocycles. The molecule has 112 valence electrons. The average Bonchev–Trinajstić information content (AvgIpc) is 2.92. The third-order valence-corrected chi connectivity index (χ3v) is 4.28. The molecule has 1 aliphatic rings. The Hall–Kier alpha value is -1.79. The summed E-state index contributed by atoms with van der Waals surface area (Å²) in [7, 11) is 1.64. The van der Waals surface area contributed by atoms with Gasteiger partial charge >= 0.3 is 0 Å². The fraction of sp³-hybridized carbons (Fsp3) is 0.400. The molecule has 2 aromatic rings. The van der Waals surface area contributed by atoms with Crippen LogP contribution in [-0.2, 0) is 13.1 Å². The summed E-state index contributed by atoms with van der Waals surface area (Å²) in [6.07, 6.45) is 0. The first kappa shape index (κ1) is 14.2. The lowest BCUT2D eigenvalue weighted by atomic mass is 10.1. The molecule has 3 rings (SSSR count). The summed E-state index contributed by atoms with van der Waals surface area (Å²) in [5, 5.41) is 3.42. The van der Waals surface area contributed by atoms with E-state index in [0.717, 1.165) is 35.8 Å². The molecule has 1 N–H and O–H groups in total. The van der Waals surface area contributed by atoms with Gasteiger partial charge in [-0.05, 0) is 24.6 Å². The van der Waals surface area contributed by atoms with Gasteiger partial charge in [0.25, 0.3) is 0 Å². The molecule has 2 heterocycles. The van der Waals surface area contributed by atoms with Crippen LogP contribution in [0.15, 0.2) is 17.6 Å². The summed E-state index contributed by atoms with van der Waals surface area (Å²) in [6, 6.07) is 3.99. The molecule has 0 radical (unpaired) electrons. The number of thiazole rings is 1. The summed E-state index contributed by atoms with van der Waals surface area (Å²) in [5.41, 5.74) is 4.07. The maximum absolute atomic E-state index is 5.64. The first-order chi connectivity index (χ1) is 10.3. The van der Waals surface area contributed by atoms with Crippen molar-refractivity contribution in [3.63, 3.8) is 0 Å². The van der Waals surface area contributed by atoms with E-state index in [9.17, 15) is 0 Å². The van der Waals surface area contributed by atoms with Crippen molar-refractivity contribution < 1.29 is 14.2 Å². The summed E-state index contributed by atoms with van der Waals surface area (Å²) in [6.45, 7) is 4.72. The quantitative estimate of drug-likeness (QED) is 0.920. The second kappa shape index (κ2) is 6.32. The van der Waals surface area contributed by atoms with Gasteiger partial charge in [0.15, 0.2) is 11.5 Å². The van der Waals surface area contributed by atoms with E-state index in [-0.39, 0.29) is 0 Å². The highest BCUT2D eigenvalue weighted by atomic mass is 32.1. The van der Waals surface area contributed by atoms with Gasteiger partial charge in [-0.15, -0.1) is 11.3 Å². The van der Waals surface area contributed by atoms with Crippen molar-refractivity contribution in [2.24, 2.45) is 0 Å². The van der Waals surface area contributed by atoms with E-state index in [1.165, 1.54) is 4.88 Å². The van der Waals surface area contributed by atoms with Crippen LogP contribution in [0, 0.1) is 6.92 Å². The molecule has 0 atom stereocenters. The lowest BCUT2D eigenvalue weighted by molar-refractivity contribution is 0.165. The molecule has 5 nitrogen and oxygen atoms in total. The van der Waals surface area contributed by atoms with Gasteiger partial charge in [0, 0.05) is 18.0 Å². The van der Waals surface area contributed by atoms with Gasteiger partial charge in [-0.3, -0.25) is 0 Å². The number of nitrogens with zero attached hydrogens (tertiary/aromatic N) is 1. The van der Waals surface area contributed by atoms with Crippen LogP contribution >= 0.6 is 11.3 Å². The van der Waals surface area contributed by atoms with Crippen molar-refractivity contribution in [2.75, 3.05) is 20.3 Å². The Bertz CT molecular complexity index is 610. The topological polar surface area (TPSA) is 52.6 Å². The van der Waals surface area contributed by atoms with Crippen molar-refractivity contribution in [3.8, 4) is 17.2 Å². The molecule has 21 heavy (non-hydrogen) atoms. The second-order valence-electron chi connectivity index (χ2n) is 4.79. The molecule has 0 bridgehead atoms. The predicted molar refractivity (Wildman–Crippen MR) is 81.4 cm³/mol. The lowest BCUT2D eigenvalue weighted by Gasteiger charge is -2.21. The molecular weight excluding hydrogens is 288 g/mol. The summed E-state index contributed by atoms with van der Waals surface area (Å²) < 4.78 is 16.6. The summed E-state index contributed by atoms with van der Waals surface area (Å²) >= 11 is 1.67. The number of benzene rings is 1. The fourth-order valence-corrected chi connectivity index (χ4v) is 2.99. The maximum atomic E-state index is 5.64. The minimum absolute atomic E-state index is 0.561. The Morgan fingerprint density at radius 1 is 1.29 bits per heavy atom. The van der Waals surface area contributed by atoms with Crippen molar-refractivity contribution >= 4 is 11.3 Å². The number of fused-ring (bicyclic) bond motifs is 1. The number of hydrogen-bond donors (Lipinski definition) is 1. The highest BCUT2D eigenvalue weighted by Gasteiger charge is 2.18. The van der Waals surface area contributed by atoms with Crippen LogP contribution in [0.2, 0.25) is 0 Å². The zero-order chi connectivity index (χ0) is 14.7. The molecule has 0 saturated carbocycles. The minimum atomic E-state index is 0.561. The van der Waals surface area contributed by atoms with E-state index < -0.39 is 0 Å². The van der Waals surface area contributed by atoms with E-state index in [1.54, 1.807) is 18.4 Å². The molecule has 0 spiro atoms. The smallest absolute Gasteiger partial charge is 0.203 e. The molecule has 6 heteroatoms. The monoisotopic (exact) mass is 306 g/mol. The molecule has 1 aromatic heterocycles. The number of nitrogens with one attached hydrogen (secondary N) is 1. The predicted octanol–water partition coefficient (Wildman–Crippen LogP) is 2.52. The van der Waals surface area contributed by atoms with Crippen LogP contribution in [0.1, 0.15) is 16.1 Å². The Kier molecular flexibility index (Phi) is 4.26. The summed E-state index contributed by atoms with van der Waals surface area (Å²) in [5.74, 6) is 2.18. The Labute approximate surface area is 127 Å². The number of methoxy groups -OCH3 is 1. The van der Waals surface area contributed by atoms with E-state index >= 15 is 0 Å². The van der Waals surface area contributed by atoms with Crippen molar-refractivity contribution in [2.45, 2.75) is 20.0 Å². The number of aromatic nitrogens is 1. The summed E-state index contributed by atoms with van der Waals surface area (Å²) in [4.78, 5) is 5.51. The third kappa shape index (κ3) is 3.11. The van der Waals surface area contributed by atoms with Gasteiger partial charge in [0.2, 0.25) is 5.75 Å². The SMILES string of the molecule is COc1cc(CNCc2scnc2C)cc2c1OCCO2. The Morgan fingerprint density at radius 2 is 2.14 bits per heavy atom. The normalized spacial score (nSPS) is 13.2. The molecule has 0 unspecified atom stereocenters. The van der Waals surface area contributed by atoms with Crippen LogP contribution in [0.4, 0.5) is 0 Å². The molecule has 0 aliphatic carbocycles. The van der Waals surface area contributed by atoms with Gasteiger partial charge in [-0.2, -0.15) is 0 Å². The minimum Gasteiger partial charge on any atom is -0.493 e. The standard InChI is InChI=1S/C15H18N2O3S/c1-10-14(21-9-17-10)8-16-7-11-5-12(18-2)15-13(6-11)19-3-4-20-15/h5-6,9,16H,3-4,7-8H2,1-2H3. The van der Waals surface area contributed by atoms with Gasteiger partial charge in [-0.25, -0.2) is 4.98 Å². The molecule has 0 saturated heterocycles. The van der Waals surface area contributed by atoms with E-state index in [2.05, 4.69) is 10.3 Å². The first-order valence-electron chi connectivity index (χ1n) is 6.84. The number of aryl methyl sites for hydroxylation is 1. The van der Waals surface area contributed by atoms with Crippen LogP contribution in [-0.4, -0.2) is 25.3 Å². The van der Waals surface area contributed by atoms with Gasteiger partial charge in [0.1, 0.15) is 13.2 Å². The van der Waals surface area contributed by atoms with Crippen LogP contribution in [0.3, 0.4) is 0 Å². The van der Waals surface area contributed by atoms with E-state index in [4.69, 9.17) is 14.2 Å². The highest BCUT2D eigenvalue weighted by Crippen LogP contribution is 2.40. The second-order valence-corrected chi connectivity index (χ2v) is 5.73. The van der Waals surface area contributed by atoms with Crippen LogP contribution in [0.5, 0.6) is 17.2 Å². The molecular formula is C15H18N2O3S. The average molecular weight is 306 g/mol. The fourth-order valence-electron chi connectivity index (χ4n) is 2.25. The largest absolute Gasteiger partial charge is 0.493 e. The zero-order valence-corrected chi connectivity index (χ0v) is 13.0. The van der Waals surface area contributed by atoms with Gasteiger partial charge in [0.05, 0.1) is 18.3 Å². The number of ether oxygens (including phenoxy) is 3. The van der Waals surface area contributed by atoms with Gasteiger partial charge < -0.3 is 19.5 Å². The van der Waals surface area contributed by atoms with Crippen molar-refractivity contribution in [3.05, 3.63) is 33.8 Å². The van der Waals surface area contributed by atoms with Crippen molar-refractivity contribution in [1.82, 2.24) is 10.3 Å². The Morgan fingerprint density at radius 3 is 2.90 bits per heavy atom. The first-order valence-corrected chi connectivity index (χ1v) is 7.72. The highest BCUT2D eigenvalue weighted by molar-refractivity contribution is 7.09.